The fourth-order valence-corrected chi connectivity index (χ4v) is 3.40. The van der Waals surface area contributed by atoms with Crippen LogP contribution in [0.4, 0.5) is 11.4 Å². The van der Waals surface area contributed by atoms with Gasteiger partial charge in [-0.2, -0.15) is 5.26 Å². The summed E-state index contributed by atoms with van der Waals surface area (Å²) in [4.78, 5) is 24.8. The van der Waals surface area contributed by atoms with E-state index in [-0.39, 0.29) is 23.1 Å². The number of nitrogens with one attached hydrogen (secondary N) is 2. The first-order valence-electron chi connectivity index (χ1n) is 10.5. The third-order valence-corrected chi connectivity index (χ3v) is 5.23. The monoisotopic (exact) mass is 473 g/mol. The fourth-order valence-electron chi connectivity index (χ4n) is 3.16. The van der Waals surface area contributed by atoms with Crippen molar-refractivity contribution < 1.29 is 14.3 Å². The molecule has 0 radical (unpaired) electrons. The van der Waals surface area contributed by atoms with Gasteiger partial charge in [0.25, 0.3) is 11.8 Å². The molecule has 34 heavy (non-hydrogen) atoms. The summed E-state index contributed by atoms with van der Waals surface area (Å²) in [5, 5.41) is 15.2. The summed E-state index contributed by atoms with van der Waals surface area (Å²) in [5.74, 6) is -0.515. The van der Waals surface area contributed by atoms with Crippen LogP contribution in [0.2, 0.25) is 5.02 Å². The van der Waals surface area contributed by atoms with E-state index in [0.29, 0.717) is 17.0 Å². The second-order valence-corrected chi connectivity index (χ2v) is 8.25. The molecule has 0 heterocycles. The Labute approximate surface area is 203 Å². The first-order chi connectivity index (χ1) is 16.2. The van der Waals surface area contributed by atoms with Crippen molar-refractivity contribution in [3.63, 3.8) is 0 Å². The van der Waals surface area contributed by atoms with Gasteiger partial charge in [-0.15, -0.1) is 0 Å². The van der Waals surface area contributed by atoms with Crippen LogP contribution in [0.25, 0.3) is 6.08 Å². The van der Waals surface area contributed by atoms with E-state index in [9.17, 15) is 14.9 Å². The Bertz CT molecular complexity index is 1310. The molecule has 0 aliphatic heterocycles. The minimum Gasteiger partial charge on any atom is -0.482 e. The lowest BCUT2D eigenvalue weighted by Crippen LogP contribution is -2.20. The van der Waals surface area contributed by atoms with Gasteiger partial charge in [-0.25, -0.2) is 0 Å². The molecular formula is C27H24ClN3O3. The SMILES string of the molecule is Cc1cccc(NC(=O)/C(C#N)=C/c2ccc(OCC(=O)Nc3cc(C)ccc3C)c(Cl)c2)c1. The van der Waals surface area contributed by atoms with Crippen LogP contribution >= 0.6 is 11.6 Å². The maximum atomic E-state index is 12.5. The van der Waals surface area contributed by atoms with E-state index in [4.69, 9.17) is 16.3 Å². The number of anilines is 2. The van der Waals surface area contributed by atoms with E-state index in [1.165, 1.54) is 6.08 Å². The second kappa shape index (κ2) is 11.2. The molecule has 3 aromatic rings. The molecule has 2 amide bonds. The molecule has 0 unspecified atom stereocenters. The summed E-state index contributed by atoms with van der Waals surface area (Å²) in [5.41, 5.74) is 4.79. The van der Waals surface area contributed by atoms with Crippen molar-refractivity contribution in [1.82, 2.24) is 0 Å². The third kappa shape index (κ3) is 6.71. The van der Waals surface area contributed by atoms with E-state index in [0.717, 1.165) is 22.4 Å². The molecule has 172 valence electrons. The van der Waals surface area contributed by atoms with Gasteiger partial charge in [0.15, 0.2) is 6.61 Å². The highest BCUT2D eigenvalue weighted by Crippen LogP contribution is 2.27. The molecular weight excluding hydrogens is 450 g/mol. The Morgan fingerprint density at radius 2 is 1.76 bits per heavy atom. The van der Waals surface area contributed by atoms with Crippen LogP contribution in [-0.2, 0) is 9.59 Å². The van der Waals surface area contributed by atoms with E-state index >= 15 is 0 Å². The van der Waals surface area contributed by atoms with Crippen molar-refractivity contribution in [3.8, 4) is 11.8 Å². The van der Waals surface area contributed by atoms with E-state index in [1.807, 2.05) is 63.2 Å². The fraction of sp³-hybridized carbons (Fsp3) is 0.148. The Morgan fingerprint density at radius 3 is 2.47 bits per heavy atom. The van der Waals surface area contributed by atoms with Gasteiger partial charge in [-0.1, -0.05) is 41.9 Å². The van der Waals surface area contributed by atoms with Gasteiger partial charge < -0.3 is 15.4 Å². The second-order valence-electron chi connectivity index (χ2n) is 7.84. The van der Waals surface area contributed by atoms with Gasteiger partial charge in [0.1, 0.15) is 17.4 Å². The van der Waals surface area contributed by atoms with Crippen LogP contribution in [0.1, 0.15) is 22.3 Å². The number of rotatable bonds is 7. The van der Waals surface area contributed by atoms with E-state index in [2.05, 4.69) is 10.6 Å². The van der Waals surface area contributed by atoms with Crippen molar-refractivity contribution in [2.75, 3.05) is 17.2 Å². The predicted octanol–water partition coefficient (Wildman–Crippen LogP) is 5.83. The standard InChI is InChI=1S/C27H24ClN3O3/c1-17-5-4-6-22(11-17)30-27(33)21(15-29)13-20-9-10-25(23(28)14-20)34-16-26(32)31-24-12-18(2)7-8-19(24)3/h4-14H,16H2,1-3H3,(H,30,33)(H,31,32)/b21-13+. The smallest absolute Gasteiger partial charge is 0.266 e. The molecule has 0 aliphatic carbocycles. The lowest BCUT2D eigenvalue weighted by Gasteiger charge is -2.11. The molecule has 6 nitrogen and oxygen atoms in total. The number of hydrogen-bond acceptors (Lipinski definition) is 4. The predicted molar refractivity (Wildman–Crippen MR) is 135 cm³/mol. The number of carbonyl (C=O) groups is 2. The molecule has 0 bridgehead atoms. The molecule has 3 aromatic carbocycles. The Balaban J connectivity index is 1.64. The first-order valence-corrected chi connectivity index (χ1v) is 10.9. The maximum Gasteiger partial charge on any atom is 0.266 e. The van der Waals surface area contributed by atoms with Gasteiger partial charge in [-0.3, -0.25) is 9.59 Å². The van der Waals surface area contributed by atoms with Gasteiger partial charge in [0, 0.05) is 11.4 Å². The highest BCUT2D eigenvalue weighted by atomic mass is 35.5. The third-order valence-electron chi connectivity index (χ3n) is 4.93. The number of ether oxygens (including phenoxy) is 1. The largest absolute Gasteiger partial charge is 0.482 e. The van der Waals surface area contributed by atoms with E-state index < -0.39 is 5.91 Å². The molecule has 0 aromatic heterocycles. The Morgan fingerprint density at radius 1 is 1.00 bits per heavy atom. The van der Waals surface area contributed by atoms with Gasteiger partial charge in [0.2, 0.25) is 0 Å². The van der Waals surface area contributed by atoms with Crippen LogP contribution in [0.3, 0.4) is 0 Å². The summed E-state index contributed by atoms with van der Waals surface area (Å²) in [6, 6.07) is 19.8. The zero-order valence-electron chi connectivity index (χ0n) is 19.1. The quantitative estimate of drug-likeness (QED) is 0.333. The summed E-state index contributed by atoms with van der Waals surface area (Å²) in [7, 11) is 0. The summed E-state index contributed by atoms with van der Waals surface area (Å²) >= 11 is 6.30. The number of amides is 2. The lowest BCUT2D eigenvalue weighted by molar-refractivity contribution is -0.118. The summed E-state index contributed by atoms with van der Waals surface area (Å²) < 4.78 is 5.56. The number of hydrogen-bond donors (Lipinski definition) is 2. The molecule has 0 fully saturated rings. The van der Waals surface area contributed by atoms with Crippen molar-refractivity contribution in [3.05, 3.63) is 93.5 Å². The molecule has 7 heteroatoms. The van der Waals surface area contributed by atoms with Gasteiger partial charge >= 0.3 is 0 Å². The van der Waals surface area contributed by atoms with Crippen LogP contribution in [-0.4, -0.2) is 18.4 Å². The lowest BCUT2D eigenvalue weighted by atomic mass is 10.1. The highest BCUT2D eigenvalue weighted by Gasteiger charge is 2.12. The number of nitrogens with zero attached hydrogens (tertiary/aromatic N) is 1. The molecule has 0 atom stereocenters. The average Bonchev–Trinajstić information content (AvgIpc) is 2.79. The molecule has 2 N–H and O–H groups in total. The van der Waals surface area contributed by atoms with Crippen molar-refractivity contribution in [1.29, 1.82) is 5.26 Å². The van der Waals surface area contributed by atoms with E-state index in [1.54, 1.807) is 24.3 Å². The Kier molecular flexibility index (Phi) is 8.07. The van der Waals surface area contributed by atoms with Crippen molar-refractivity contribution in [2.24, 2.45) is 0 Å². The summed E-state index contributed by atoms with van der Waals surface area (Å²) in [6.45, 7) is 5.56. The number of halogens is 1. The number of carbonyl (C=O) groups excluding carboxylic acids is 2. The number of aryl methyl sites for hydroxylation is 3. The van der Waals surface area contributed by atoms with Crippen LogP contribution in [0.15, 0.2) is 66.2 Å². The maximum absolute atomic E-state index is 12.5. The minimum absolute atomic E-state index is 0.0702. The van der Waals surface area contributed by atoms with Crippen molar-refractivity contribution >= 4 is 40.9 Å². The molecule has 3 rings (SSSR count). The van der Waals surface area contributed by atoms with Gasteiger partial charge in [-0.05, 0) is 79.4 Å². The zero-order valence-corrected chi connectivity index (χ0v) is 19.9. The first kappa shape index (κ1) is 24.6. The van der Waals surface area contributed by atoms with Crippen LogP contribution in [0, 0.1) is 32.1 Å². The van der Waals surface area contributed by atoms with Gasteiger partial charge in [0.05, 0.1) is 5.02 Å². The number of benzene rings is 3. The Hall–Kier alpha value is -4.08. The molecule has 0 spiro atoms. The zero-order chi connectivity index (χ0) is 24.7. The topological polar surface area (TPSA) is 91.2 Å². The molecule has 0 saturated heterocycles. The van der Waals surface area contributed by atoms with Crippen molar-refractivity contribution in [2.45, 2.75) is 20.8 Å². The highest BCUT2D eigenvalue weighted by molar-refractivity contribution is 6.32. The van der Waals surface area contributed by atoms with Crippen LogP contribution in [0.5, 0.6) is 5.75 Å². The normalized spacial score (nSPS) is 10.9. The van der Waals surface area contributed by atoms with Crippen LogP contribution < -0.4 is 15.4 Å². The molecule has 0 aliphatic rings. The summed E-state index contributed by atoms with van der Waals surface area (Å²) in [6.07, 6.45) is 1.44. The number of nitriles is 1. The minimum atomic E-state index is -0.521. The molecule has 0 saturated carbocycles. The average molecular weight is 474 g/mol.